The minimum Gasteiger partial charge on any atom is -0.345 e. The van der Waals surface area contributed by atoms with Crippen molar-refractivity contribution in [1.82, 2.24) is 9.80 Å². The average Bonchev–Trinajstić information content (AvgIpc) is 1.98. The summed E-state index contributed by atoms with van der Waals surface area (Å²) in [5.74, 6) is -0.379. The number of likely N-dealkylation sites (N-methyl/N-ethyl adjacent to an activating group) is 2. The Morgan fingerprint density at radius 1 is 0.833 bits per heavy atom. The van der Waals surface area contributed by atoms with Gasteiger partial charge in [-0.1, -0.05) is 0 Å². The van der Waals surface area contributed by atoms with Crippen LogP contribution in [0.1, 0.15) is 0 Å². The van der Waals surface area contributed by atoms with Gasteiger partial charge in [-0.3, -0.25) is 9.59 Å². The Kier molecular flexibility index (Phi) is 4.04. The summed E-state index contributed by atoms with van der Waals surface area (Å²) in [7, 11) is 6.53. The monoisotopic (exact) mass is 170 g/mol. The minimum absolute atomic E-state index is 0.190. The zero-order chi connectivity index (χ0) is 9.72. The molecule has 0 heterocycles. The highest BCUT2D eigenvalue weighted by Crippen LogP contribution is 1.85. The van der Waals surface area contributed by atoms with Crippen molar-refractivity contribution in [2.24, 2.45) is 0 Å². The molecule has 2 amide bonds. The van der Waals surface area contributed by atoms with Crippen molar-refractivity contribution in [3.05, 3.63) is 12.2 Å². The molecule has 0 N–H and O–H groups in total. The summed E-state index contributed by atoms with van der Waals surface area (Å²) in [5, 5.41) is 0. The summed E-state index contributed by atoms with van der Waals surface area (Å²) < 4.78 is 0. The normalized spacial score (nSPS) is 10.0. The Hall–Kier alpha value is -1.32. The third kappa shape index (κ3) is 3.75. The lowest BCUT2D eigenvalue weighted by molar-refractivity contribution is -0.125. The lowest BCUT2D eigenvalue weighted by Gasteiger charge is -2.07. The molecule has 0 aromatic carbocycles. The van der Waals surface area contributed by atoms with Crippen molar-refractivity contribution in [3.8, 4) is 0 Å². The lowest BCUT2D eigenvalue weighted by Crippen LogP contribution is -2.22. The molecule has 0 radical (unpaired) electrons. The second-order valence-electron chi connectivity index (χ2n) is 2.80. The van der Waals surface area contributed by atoms with Gasteiger partial charge in [0.25, 0.3) is 0 Å². The quantitative estimate of drug-likeness (QED) is 0.535. The summed E-state index contributed by atoms with van der Waals surface area (Å²) in [6, 6.07) is 0. The third-order valence-corrected chi connectivity index (χ3v) is 1.25. The zero-order valence-electron chi connectivity index (χ0n) is 7.87. The predicted molar refractivity (Wildman–Crippen MR) is 46.5 cm³/mol. The van der Waals surface area contributed by atoms with Gasteiger partial charge in [0, 0.05) is 40.3 Å². The van der Waals surface area contributed by atoms with E-state index in [-0.39, 0.29) is 11.8 Å². The van der Waals surface area contributed by atoms with Gasteiger partial charge in [-0.15, -0.1) is 0 Å². The maximum atomic E-state index is 10.9. The summed E-state index contributed by atoms with van der Waals surface area (Å²) in [6.07, 6.45) is 2.50. The molecule has 0 aliphatic rings. The smallest absolute Gasteiger partial charge is 0.246 e. The number of hydrogen-bond donors (Lipinski definition) is 0. The first-order valence-corrected chi connectivity index (χ1v) is 3.55. The van der Waals surface area contributed by atoms with E-state index in [9.17, 15) is 9.59 Å². The molecular formula is C8H14N2O2. The SMILES string of the molecule is CN(C)C(=O)C=CC(=O)N(C)C. The van der Waals surface area contributed by atoms with Gasteiger partial charge in [0.1, 0.15) is 0 Å². The van der Waals surface area contributed by atoms with Crippen LogP contribution in [-0.4, -0.2) is 49.8 Å². The topological polar surface area (TPSA) is 40.6 Å². The molecule has 0 aromatic rings. The van der Waals surface area contributed by atoms with Crippen molar-refractivity contribution in [2.45, 2.75) is 0 Å². The van der Waals surface area contributed by atoms with Crippen molar-refractivity contribution >= 4 is 11.8 Å². The zero-order valence-corrected chi connectivity index (χ0v) is 7.87. The Morgan fingerprint density at radius 3 is 1.25 bits per heavy atom. The third-order valence-electron chi connectivity index (χ3n) is 1.25. The van der Waals surface area contributed by atoms with E-state index in [0.29, 0.717) is 0 Å². The maximum Gasteiger partial charge on any atom is 0.246 e. The number of amides is 2. The Bertz CT molecular complexity index is 185. The second-order valence-corrected chi connectivity index (χ2v) is 2.80. The molecule has 0 rings (SSSR count). The van der Waals surface area contributed by atoms with Gasteiger partial charge in [0.15, 0.2) is 0 Å². The van der Waals surface area contributed by atoms with E-state index in [1.807, 2.05) is 0 Å². The van der Waals surface area contributed by atoms with Gasteiger partial charge < -0.3 is 9.80 Å². The molecule has 0 aromatic heterocycles. The number of rotatable bonds is 2. The second kappa shape index (κ2) is 4.54. The van der Waals surface area contributed by atoms with Crippen molar-refractivity contribution in [2.75, 3.05) is 28.2 Å². The summed E-state index contributed by atoms with van der Waals surface area (Å²) in [5.41, 5.74) is 0. The van der Waals surface area contributed by atoms with Crippen LogP contribution >= 0.6 is 0 Å². The molecule has 68 valence electrons. The first kappa shape index (κ1) is 10.7. The van der Waals surface area contributed by atoms with Gasteiger partial charge in [0.05, 0.1) is 0 Å². The van der Waals surface area contributed by atoms with E-state index in [4.69, 9.17) is 0 Å². The number of hydrogen-bond acceptors (Lipinski definition) is 2. The Morgan fingerprint density at radius 2 is 1.08 bits per heavy atom. The molecule has 12 heavy (non-hydrogen) atoms. The largest absolute Gasteiger partial charge is 0.345 e. The van der Waals surface area contributed by atoms with E-state index >= 15 is 0 Å². The van der Waals surface area contributed by atoms with Crippen LogP contribution in [0.4, 0.5) is 0 Å². The fourth-order valence-electron chi connectivity index (χ4n) is 0.441. The van der Waals surface area contributed by atoms with E-state index in [0.717, 1.165) is 0 Å². The maximum absolute atomic E-state index is 10.9. The average molecular weight is 170 g/mol. The van der Waals surface area contributed by atoms with Gasteiger partial charge in [0.2, 0.25) is 11.8 Å². The highest BCUT2D eigenvalue weighted by Gasteiger charge is 2.00. The standard InChI is InChI=1S/C8H14N2O2/c1-9(2)7(11)5-6-8(12)10(3)4/h5-6H,1-4H3. The van der Waals surface area contributed by atoms with E-state index in [2.05, 4.69) is 0 Å². The minimum atomic E-state index is -0.190. The highest BCUT2D eigenvalue weighted by atomic mass is 16.2. The summed E-state index contributed by atoms with van der Waals surface area (Å²) >= 11 is 0. The van der Waals surface area contributed by atoms with Crippen LogP contribution in [0.15, 0.2) is 12.2 Å². The lowest BCUT2D eigenvalue weighted by atomic mass is 10.4. The molecule has 0 bridgehead atoms. The fraction of sp³-hybridized carbons (Fsp3) is 0.500. The first-order valence-electron chi connectivity index (χ1n) is 3.55. The van der Waals surface area contributed by atoms with Crippen molar-refractivity contribution in [1.29, 1.82) is 0 Å². The van der Waals surface area contributed by atoms with Gasteiger partial charge in [-0.2, -0.15) is 0 Å². The van der Waals surface area contributed by atoms with Crippen LogP contribution < -0.4 is 0 Å². The van der Waals surface area contributed by atoms with Crippen LogP contribution in [0, 0.1) is 0 Å². The predicted octanol–water partition coefficient (Wildman–Crippen LogP) is -0.281. The van der Waals surface area contributed by atoms with E-state index < -0.39 is 0 Å². The van der Waals surface area contributed by atoms with Gasteiger partial charge in [-0.05, 0) is 0 Å². The molecule has 0 unspecified atom stereocenters. The molecule has 0 saturated heterocycles. The molecule has 4 nitrogen and oxygen atoms in total. The molecule has 0 aliphatic carbocycles. The van der Waals surface area contributed by atoms with E-state index in [1.165, 1.54) is 22.0 Å². The van der Waals surface area contributed by atoms with Crippen molar-refractivity contribution < 1.29 is 9.59 Å². The van der Waals surface area contributed by atoms with Crippen LogP contribution in [0.3, 0.4) is 0 Å². The Balaban J connectivity index is 4.08. The molecular weight excluding hydrogens is 156 g/mol. The molecule has 0 aliphatic heterocycles. The fourth-order valence-corrected chi connectivity index (χ4v) is 0.441. The summed E-state index contributed by atoms with van der Waals surface area (Å²) in [6.45, 7) is 0. The van der Waals surface area contributed by atoms with Crippen molar-refractivity contribution in [3.63, 3.8) is 0 Å². The number of carbonyl (C=O) groups excluding carboxylic acids is 2. The molecule has 0 spiro atoms. The Labute approximate surface area is 72.4 Å². The first-order chi connectivity index (χ1) is 5.45. The van der Waals surface area contributed by atoms with Crippen LogP contribution in [-0.2, 0) is 9.59 Å². The summed E-state index contributed by atoms with van der Waals surface area (Å²) in [4.78, 5) is 24.7. The van der Waals surface area contributed by atoms with E-state index in [1.54, 1.807) is 28.2 Å². The van der Waals surface area contributed by atoms with Crippen LogP contribution in [0.5, 0.6) is 0 Å². The number of carbonyl (C=O) groups is 2. The molecule has 4 heteroatoms. The van der Waals surface area contributed by atoms with Gasteiger partial charge in [-0.25, -0.2) is 0 Å². The molecule has 0 atom stereocenters. The highest BCUT2D eigenvalue weighted by molar-refractivity contribution is 5.96. The van der Waals surface area contributed by atoms with Crippen LogP contribution in [0.25, 0.3) is 0 Å². The van der Waals surface area contributed by atoms with Crippen LogP contribution in [0.2, 0.25) is 0 Å². The molecule has 0 saturated carbocycles. The van der Waals surface area contributed by atoms with Gasteiger partial charge >= 0.3 is 0 Å². The number of nitrogens with zero attached hydrogens (tertiary/aromatic N) is 2. The molecule has 0 fully saturated rings.